The highest BCUT2D eigenvalue weighted by Crippen LogP contribution is 2.33. The molecular formula is C13H19NO2. The van der Waals surface area contributed by atoms with Crippen molar-refractivity contribution < 1.29 is 9.59 Å². The molecule has 1 aliphatic heterocycles. The van der Waals surface area contributed by atoms with Gasteiger partial charge in [0.25, 0.3) is 0 Å². The molecule has 0 saturated carbocycles. The second-order valence-corrected chi connectivity index (χ2v) is 5.15. The van der Waals surface area contributed by atoms with Crippen molar-refractivity contribution >= 4 is 11.8 Å². The maximum absolute atomic E-state index is 11.9. The van der Waals surface area contributed by atoms with Gasteiger partial charge >= 0.3 is 0 Å². The lowest BCUT2D eigenvalue weighted by molar-refractivity contribution is -0.155. The van der Waals surface area contributed by atoms with E-state index in [1.165, 1.54) is 4.90 Å². The maximum atomic E-state index is 11.9. The summed E-state index contributed by atoms with van der Waals surface area (Å²) in [6.45, 7) is 5.84. The van der Waals surface area contributed by atoms with Gasteiger partial charge in [0, 0.05) is 19.3 Å². The fourth-order valence-electron chi connectivity index (χ4n) is 2.15. The van der Waals surface area contributed by atoms with E-state index in [0.717, 1.165) is 6.42 Å². The molecule has 1 unspecified atom stereocenters. The third kappa shape index (κ3) is 2.63. The summed E-state index contributed by atoms with van der Waals surface area (Å²) in [6.07, 6.45) is 7.29. The molecule has 2 amide bonds. The van der Waals surface area contributed by atoms with Crippen molar-refractivity contribution in [3.63, 3.8) is 0 Å². The van der Waals surface area contributed by atoms with E-state index in [1.807, 2.05) is 20.8 Å². The number of hydrogen-bond donors (Lipinski definition) is 0. The number of piperidine rings is 1. The van der Waals surface area contributed by atoms with Gasteiger partial charge in [-0.15, -0.1) is 12.3 Å². The van der Waals surface area contributed by atoms with Crippen molar-refractivity contribution in [2.75, 3.05) is 0 Å². The summed E-state index contributed by atoms with van der Waals surface area (Å²) in [7, 11) is 0. The zero-order valence-electron chi connectivity index (χ0n) is 10.2. The lowest BCUT2D eigenvalue weighted by Crippen LogP contribution is -2.50. The molecule has 1 fully saturated rings. The average Bonchev–Trinajstić information content (AvgIpc) is 2.13. The van der Waals surface area contributed by atoms with Crippen LogP contribution >= 0.6 is 0 Å². The van der Waals surface area contributed by atoms with Crippen LogP contribution in [0.15, 0.2) is 0 Å². The summed E-state index contributed by atoms with van der Waals surface area (Å²) in [6, 6.07) is -0.124. The lowest BCUT2D eigenvalue weighted by atomic mass is 9.81. The van der Waals surface area contributed by atoms with Crippen LogP contribution in [0.2, 0.25) is 0 Å². The summed E-state index contributed by atoms with van der Waals surface area (Å²) in [4.78, 5) is 25.2. The van der Waals surface area contributed by atoms with Crippen molar-refractivity contribution in [1.29, 1.82) is 0 Å². The zero-order chi connectivity index (χ0) is 12.3. The minimum atomic E-state index is -0.209. The molecule has 1 atom stereocenters. The highest BCUT2D eigenvalue weighted by atomic mass is 16.2. The van der Waals surface area contributed by atoms with Crippen LogP contribution in [-0.4, -0.2) is 22.8 Å². The van der Waals surface area contributed by atoms with E-state index < -0.39 is 0 Å². The fourth-order valence-corrected chi connectivity index (χ4v) is 2.15. The lowest BCUT2D eigenvalue weighted by Gasteiger charge is -2.38. The SMILES string of the molecule is C#CCC(CC)N1C(=O)CC(C)(C)CC1=O. The van der Waals surface area contributed by atoms with Crippen molar-refractivity contribution in [1.82, 2.24) is 4.90 Å². The second-order valence-electron chi connectivity index (χ2n) is 5.15. The van der Waals surface area contributed by atoms with Crippen LogP contribution in [0.3, 0.4) is 0 Å². The molecule has 88 valence electrons. The molecule has 1 saturated heterocycles. The Kier molecular flexibility index (Phi) is 3.74. The Hall–Kier alpha value is -1.30. The van der Waals surface area contributed by atoms with Crippen LogP contribution in [0.25, 0.3) is 0 Å². The summed E-state index contributed by atoms with van der Waals surface area (Å²) in [5.41, 5.74) is -0.209. The van der Waals surface area contributed by atoms with Gasteiger partial charge in [0.2, 0.25) is 11.8 Å². The van der Waals surface area contributed by atoms with Gasteiger partial charge in [-0.3, -0.25) is 14.5 Å². The van der Waals surface area contributed by atoms with Gasteiger partial charge < -0.3 is 0 Å². The maximum Gasteiger partial charge on any atom is 0.230 e. The van der Waals surface area contributed by atoms with Gasteiger partial charge in [0.05, 0.1) is 6.04 Å². The molecule has 0 aromatic rings. The highest BCUT2D eigenvalue weighted by molar-refractivity contribution is 5.98. The van der Waals surface area contributed by atoms with Gasteiger partial charge in [-0.2, -0.15) is 0 Å². The Morgan fingerprint density at radius 3 is 2.25 bits per heavy atom. The summed E-state index contributed by atoms with van der Waals surface area (Å²) >= 11 is 0. The minimum absolute atomic E-state index is 0.0802. The van der Waals surface area contributed by atoms with Crippen LogP contribution in [0.4, 0.5) is 0 Å². The standard InChI is InChI=1S/C13H19NO2/c1-5-7-10(6-2)14-11(15)8-13(3,4)9-12(14)16/h1,10H,6-9H2,2-4H3. The molecule has 0 aliphatic carbocycles. The van der Waals surface area contributed by atoms with Gasteiger partial charge in [-0.05, 0) is 11.8 Å². The van der Waals surface area contributed by atoms with E-state index in [4.69, 9.17) is 6.42 Å². The average molecular weight is 221 g/mol. The van der Waals surface area contributed by atoms with Crippen LogP contribution < -0.4 is 0 Å². The number of carbonyl (C=O) groups excluding carboxylic acids is 2. The predicted octanol–water partition coefficient (Wildman–Crippen LogP) is 1.96. The number of terminal acetylenes is 1. The van der Waals surface area contributed by atoms with Crippen LogP contribution in [0.1, 0.15) is 46.5 Å². The molecule has 3 heteroatoms. The number of hydrogen-bond acceptors (Lipinski definition) is 2. The molecule has 0 radical (unpaired) electrons. The van der Waals surface area contributed by atoms with Gasteiger partial charge in [0.1, 0.15) is 0 Å². The summed E-state index contributed by atoms with van der Waals surface area (Å²) < 4.78 is 0. The third-order valence-electron chi connectivity index (χ3n) is 2.99. The first-order valence-corrected chi connectivity index (χ1v) is 5.69. The molecule has 0 spiro atoms. The number of carbonyl (C=O) groups is 2. The smallest absolute Gasteiger partial charge is 0.230 e. The Morgan fingerprint density at radius 2 is 1.88 bits per heavy atom. The molecule has 0 N–H and O–H groups in total. The van der Waals surface area contributed by atoms with E-state index in [1.54, 1.807) is 0 Å². The predicted molar refractivity (Wildman–Crippen MR) is 62.4 cm³/mol. The Labute approximate surface area is 97.2 Å². The first kappa shape index (κ1) is 12.8. The number of likely N-dealkylation sites (tertiary alicyclic amines) is 1. The number of amides is 2. The Balaban J connectivity index is 2.86. The molecule has 1 aliphatic rings. The van der Waals surface area contributed by atoms with Crippen molar-refractivity contribution in [3.05, 3.63) is 0 Å². The van der Waals surface area contributed by atoms with Crippen molar-refractivity contribution in [3.8, 4) is 12.3 Å². The van der Waals surface area contributed by atoms with E-state index in [2.05, 4.69) is 5.92 Å². The quantitative estimate of drug-likeness (QED) is 0.539. The first-order valence-electron chi connectivity index (χ1n) is 5.69. The third-order valence-corrected chi connectivity index (χ3v) is 2.99. The molecule has 16 heavy (non-hydrogen) atoms. The van der Waals surface area contributed by atoms with Crippen LogP contribution in [0.5, 0.6) is 0 Å². The Bertz CT molecular complexity index is 318. The van der Waals surface area contributed by atoms with Gasteiger partial charge in [-0.1, -0.05) is 20.8 Å². The van der Waals surface area contributed by atoms with Crippen LogP contribution in [0, 0.1) is 17.8 Å². The molecule has 1 heterocycles. The zero-order valence-corrected chi connectivity index (χ0v) is 10.2. The topological polar surface area (TPSA) is 37.4 Å². The number of imide groups is 1. The highest BCUT2D eigenvalue weighted by Gasteiger charge is 2.39. The number of rotatable bonds is 3. The first-order chi connectivity index (χ1) is 7.41. The van der Waals surface area contributed by atoms with E-state index in [0.29, 0.717) is 19.3 Å². The van der Waals surface area contributed by atoms with Crippen molar-refractivity contribution in [2.24, 2.45) is 5.41 Å². The molecule has 1 rings (SSSR count). The summed E-state index contributed by atoms with van der Waals surface area (Å²) in [5.74, 6) is 2.37. The minimum Gasteiger partial charge on any atom is -0.279 e. The fraction of sp³-hybridized carbons (Fsp3) is 0.692. The van der Waals surface area contributed by atoms with Crippen LogP contribution in [-0.2, 0) is 9.59 Å². The molecule has 0 bridgehead atoms. The largest absolute Gasteiger partial charge is 0.279 e. The monoisotopic (exact) mass is 221 g/mol. The van der Waals surface area contributed by atoms with Gasteiger partial charge in [0.15, 0.2) is 0 Å². The molecule has 0 aromatic carbocycles. The van der Waals surface area contributed by atoms with E-state index in [-0.39, 0.29) is 23.3 Å². The molecular weight excluding hydrogens is 202 g/mol. The Morgan fingerprint density at radius 1 is 1.38 bits per heavy atom. The van der Waals surface area contributed by atoms with Crippen molar-refractivity contribution in [2.45, 2.75) is 52.5 Å². The van der Waals surface area contributed by atoms with E-state index in [9.17, 15) is 9.59 Å². The summed E-state index contributed by atoms with van der Waals surface area (Å²) in [5, 5.41) is 0. The van der Waals surface area contributed by atoms with E-state index >= 15 is 0 Å². The molecule has 0 aromatic heterocycles. The van der Waals surface area contributed by atoms with Gasteiger partial charge in [-0.25, -0.2) is 0 Å². The number of nitrogens with zero attached hydrogens (tertiary/aromatic N) is 1. The molecule has 3 nitrogen and oxygen atoms in total. The second kappa shape index (κ2) is 4.69. The normalized spacial score (nSPS) is 21.8.